The number of benzene rings is 2. The fourth-order valence-corrected chi connectivity index (χ4v) is 4.39. The number of allylic oxidation sites excluding steroid dienone is 1. The molecule has 0 fully saturated rings. The molecule has 1 amide bonds. The number of aryl methyl sites for hydroxylation is 2. The molecule has 0 bridgehead atoms. The third kappa shape index (κ3) is 3.53. The zero-order valence-corrected chi connectivity index (χ0v) is 16.7. The van der Waals surface area contributed by atoms with Crippen molar-refractivity contribution in [2.45, 2.75) is 20.4 Å². The Morgan fingerprint density at radius 1 is 1.22 bits per heavy atom. The summed E-state index contributed by atoms with van der Waals surface area (Å²) in [6.45, 7) is 8.54. The number of hydrogen-bond acceptors (Lipinski definition) is 4. The Hall–Kier alpha value is -2.86. The Balaban J connectivity index is 2.25. The first-order valence-corrected chi connectivity index (χ1v) is 9.33. The Bertz CT molecular complexity index is 1070. The highest BCUT2D eigenvalue weighted by Crippen LogP contribution is 2.29. The maximum atomic E-state index is 13.0. The largest absolute Gasteiger partial charge is 0.496 e. The predicted molar refractivity (Wildman–Crippen MR) is 109 cm³/mol. The van der Waals surface area contributed by atoms with E-state index in [0.717, 1.165) is 15.8 Å². The van der Waals surface area contributed by atoms with Crippen molar-refractivity contribution < 1.29 is 14.3 Å². The van der Waals surface area contributed by atoms with Gasteiger partial charge in [0.2, 0.25) is 0 Å². The van der Waals surface area contributed by atoms with Crippen molar-refractivity contribution in [2.24, 2.45) is 4.99 Å². The van der Waals surface area contributed by atoms with Crippen molar-refractivity contribution in [3.05, 3.63) is 64.5 Å². The summed E-state index contributed by atoms with van der Waals surface area (Å²) < 4.78 is 13.8. The van der Waals surface area contributed by atoms with Gasteiger partial charge in [0, 0.05) is 6.54 Å². The zero-order chi connectivity index (χ0) is 19.6. The second-order valence-corrected chi connectivity index (χ2v) is 7.18. The first-order valence-electron chi connectivity index (χ1n) is 8.51. The molecule has 2 aromatic carbocycles. The first-order chi connectivity index (χ1) is 13.0. The Labute approximate surface area is 162 Å². The molecule has 0 atom stereocenters. The second kappa shape index (κ2) is 7.80. The molecular weight excluding hydrogens is 360 g/mol. The van der Waals surface area contributed by atoms with E-state index in [9.17, 15) is 4.79 Å². The summed E-state index contributed by atoms with van der Waals surface area (Å²) in [5.74, 6) is 0.473. The number of hydrogen-bond donors (Lipinski definition) is 0. The molecule has 6 heteroatoms. The average Bonchev–Trinajstić information content (AvgIpc) is 2.98. The number of amides is 1. The number of carbonyl (C=O) groups is 1. The molecule has 0 radical (unpaired) electrons. The van der Waals surface area contributed by atoms with Crippen LogP contribution in [0.2, 0.25) is 0 Å². The van der Waals surface area contributed by atoms with Crippen LogP contribution in [0, 0.1) is 13.8 Å². The molecule has 140 valence electrons. The summed E-state index contributed by atoms with van der Waals surface area (Å²) in [6.07, 6.45) is 1.80. The molecule has 3 aromatic rings. The molecule has 0 N–H and O–H groups in total. The summed E-state index contributed by atoms with van der Waals surface area (Å²) in [5.41, 5.74) is 3.71. The molecule has 0 saturated heterocycles. The third-order valence-corrected chi connectivity index (χ3v) is 5.29. The van der Waals surface area contributed by atoms with Crippen molar-refractivity contribution in [3.63, 3.8) is 0 Å². The topological polar surface area (TPSA) is 52.8 Å². The fourth-order valence-electron chi connectivity index (χ4n) is 3.18. The molecule has 0 spiro atoms. The minimum atomic E-state index is -0.400. The lowest BCUT2D eigenvalue weighted by Gasteiger charge is -2.09. The van der Waals surface area contributed by atoms with Crippen molar-refractivity contribution in [1.82, 2.24) is 4.57 Å². The summed E-state index contributed by atoms with van der Waals surface area (Å²) in [7, 11) is 3.05. The van der Waals surface area contributed by atoms with Crippen LogP contribution in [0.15, 0.2) is 48.0 Å². The summed E-state index contributed by atoms with van der Waals surface area (Å²) >= 11 is 1.49. The first kappa shape index (κ1) is 18.9. The molecule has 1 heterocycles. The van der Waals surface area contributed by atoms with E-state index in [4.69, 9.17) is 9.47 Å². The van der Waals surface area contributed by atoms with Crippen LogP contribution in [-0.4, -0.2) is 24.7 Å². The van der Waals surface area contributed by atoms with Gasteiger partial charge in [-0.15, -0.1) is 6.58 Å². The minimum absolute atomic E-state index is 0.318. The highest BCUT2D eigenvalue weighted by atomic mass is 32.1. The van der Waals surface area contributed by atoms with E-state index >= 15 is 0 Å². The standard InChI is InChI=1S/C21H22N2O3S/c1-6-10-23-19-14(3)11-13(2)12-17(19)27-21(23)22-20(24)18-15(25-4)8-7-9-16(18)26-5/h6-9,11-12H,1,10H2,2-5H3. The second-order valence-electron chi connectivity index (χ2n) is 6.17. The van der Waals surface area contributed by atoms with Gasteiger partial charge in [-0.25, -0.2) is 0 Å². The van der Waals surface area contributed by atoms with E-state index < -0.39 is 5.91 Å². The molecule has 0 aliphatic carbocycles. The molecule has 0 saturated carbocycles. The maximum absolute atomic E-state index is 13.0. The predicted octanol–water partition coefficient (Wildman–Crippen LogP) is 4.26. The highest BCUT2D eigenvalue weighted by molar-refractivity contribution is 7.16. The Morgan fingerprint density at radius 2 is 1.89 bits per heavy atom. The van der Waals surface area contributed by atoms with Gasteiger partial charge in [0.15, 0.2) is 4.80 Å². The van der Waals surface area contributed by atoms with Gasteiger partial charge in [0.1, 0.15) is 17.1 Å². The van der Waals surface area contributed by atoms with Crippen molar-refractivity contribution in [3.8, 4) is 11.5 Å². The van der Waals surface area contributed by atoms with Crippen LogP contribution < -0.4 is 14.3 Å². The zero-order valence-electron chi connectivity index (χ0n) is 15.9. The number of aromatic nitrogens is 1. The number of thiazole rings is 1. The lowest BCUT2D eigenvalue weighted by atomic mass is 10.1. The third-order valence-electron chi connectivity index (χ3n) is 4.26. The quantitative estimate of drug-likeness (QED) is 0.620. The van der Waals surface area contributed by atoms with Crippen LogP contribution in [0.5, 0.6) is 11.5 Å². The number of rotatable bonds is 5. The van der Waals surface area contributed by atoms with E-state index in [2.05, 4.69) is 37.6 Å². The van der Waals surface area contributed by atoms with Crippen molar-refractivity contribution in [2.75, 3.05) is 14.2 Å². The SMILES string of the molecule is C=CCn1c(=NC(=O)c2c(OC)cccc2OC)sc2cc(C)cc(C)c21. The molecule has 3 rings (SSSR count). The van der Waals surface area contributed by atoms with E-state index in [-0.39, 0.29) is 0 Å². The van der Waals surface area contributed by atoms with Crippen LogP contribution >= 0.6 is 11.3 Å². The van der Waals surface area contributed by atoms with Gasteiger partial charge in [0.25, 0.3) is 5.91 Å². The van der Waals surface area contributed by atoms with Gasteiger partial charge in [-0.2, -0.15) is 4.99 Å². The summed E-state index contributed by atoms with van der Waals surface area (Å²) in [4.78, 5) is 18.0. The van der Waals surface area contributed by atoms with E-state index in [1.165, 1.54) is 31.1 Å². The molecule has 5 nitrogen and oxygen atoms in total. The summed E-state index contributed by atoms with van der Waals surface area (Å²) in [5, 5.41) is 0. The average molecular weight is 382 g/mol. The number of methoxy groups -OCH3 is 2. The van der Waals surface area contributed by atoms with E-state index in [1.54, 1.807) is 24.3 Å². The van der Waals surface area contributed by atoms with Gasteiger partial charge < -0.3 is 14.0 Å². The molecule has 0 aliphatic heterocycles. The van der Waals surface area contributed by atoms with Crippen molar-refractivity contribution >= 4 is 27.5 Å². The lowest BCUT2D eigenvalue weighted by molar-refractivity contribution is 0.0992. The molecule has 27 heavy (non-hydrogen) atoms. The van der Waals surface area contributed by atoms with Gasteiger partial charge in [-0.1, -0.05) is 29.5 Å². The van der Waals surface area contributed by atoms with Crippen LogP contribution in [0.4, 0.5) is 0 Å². The smallest absolute Gasteiger partial charge is 0.287 e. The normalized spacial score (nSPS) is 11.6. The molecule has 0 unspecified atom stereocenters. The number of nitrogens with zero attached hydrogens (tertiary/aromatic N) is 2. The van der Waals surface area contributed by atoms with Crippen molar-refractivity contribution in [1.29, 1.82) is 0 Å². The minimum Gasteiger partial charge on any atom is -0.496 e. The number of carbonyl (C=O) groups excluding carboxylic acids is 1. The van der Waals surface area contributed by atoms with Crippen LogP contribution in [-0.2, 0) is 6.54 Å². The molecule has 0 aliphatic rings. The Morgan fingerprint density at radius 3 is 2.48 bits per heavy atom. The van der Waals surface area contributed by atoms with Gasteiger partial charge >= 0.3 is 0 Å². The van der Waals surface area contributed by atoms with Gasteiger partial charge in [-0.05, 0) is 43.2 Å². The van der Waals surface area contributed by atoms with Gasteiger partial charge in [-0.3, -0.25) is 4.79 Å². The fraction of sp³-hybridized carbons (Fsp3) is 0.238. The monoisotopic (exact) mass is 382 g/mol. The van der Waals surface area contributed by atoms with Crippen LogP contribution in [0.3, 0.4) is 0 Å². The highest BCUT2D eigenvalue weighted by Gasteiger charge is 2.18. The van der Waals surface area contributed by atoms with E-state index in [1.807, 2.05) is 4.57 Å². The molecule has 1 aromatic heterocycles. The van der Waals surface area contributed by atoms with E-state index in [0.29, 0.717) is 28.4 Å². The molecular formula is C21H22N2O3S. The van der Waals surface area contributed by atoms with Crippen LogP contribution in [0.25, 0.3) is 10.2 Å². The number of fused-ring (bicyclic) bond motifs is 1. The number of ether oxygens (including phenoxy) is 2. The van der Waals surface area contributed by atoms with Gasteiger partial charge in [0.05, 0.1) is 24.4 Å². The Kier molecular flexibility index (Phi) is 5.46. The summed E-state index contributed by atoms with van der Waals surface area (Å²) in [6, 6.07) is 9.46. The lowest BCUT2D eigenvalue weighted by Crippen LogP contribution is -2.17. The van der Waals surface area contributed by atoms with Crippen LogP contribution in [0.1, 0.15) is 21.5 Å². The maximum Gasteiger partial charge on any atom is 0.287 e.